The Bertz CT molecular complexity index is 1070. The lowest BCUT2D eigenvalue weighted by molar-refractivity contribution is 0.143. The number of hydrogen-bond acceptors (Lipinski definition) is 6. The van der Waals surface area contributed by atoms with Crippen LogP contribution in [0.3, 0.4) is 0 Å². The van der Waals surface area contributed by atoms with E-state index >= 15 is 4.39 Å². The molecular weight excluding hydrogens is 405 g/mol. The third kappa shape index (κ3) is 3.94. The van der Waals surface area contributed by atoms with Crippen molar-refractivity contribution < 1.29 is 23.8 Å². The van der Waals surface area contributed by atoms with Crippen molar-refractivity contribution in [3.8, 4) is 11.5 Å². The number of carboxylic acid groups (broad SMARTS) is 1. The van der Waals surface area contributed by atoms with Crippen LogP contribution in [-0.4, -0.2) is 48.6 Å². The van der Waals surface area contributed by atoms with Gasteiger partial charge in [0.25, 0.3) is 0 Å². The van der Waals surface area contributed by atoms with E-state index in [0.29, 0.717) is 42.0 Å². The summed E-state index contributed by atoms with van der Waals surface area (Å²) >= 11 is 0. The normalized spacial score (nSPS) is 19.6. The molecule has 2 heterocycles. The topological polar surface area (TPSA) is 93.0 Å². The van der Waals surface area contributed by atoms with Gasteiger partial charge in [-0.3, -0.25) is 4.79 Å². The minimum atomic E-state index is -1.58. The highest BCUT2D eigenvalue weighted by Crippen LogP contribution is 2.45. The van der Waals surface area contributed by atoms with Crippen LogP contribution in [0.25, 0.3) is 10.9 Å². The molecule has 1 saturated carbocycles. The van der Waals surface area contributed by atoms with E-state index in [-0.39, 0.29) is 17.2 Å². The van der Waals surface area contributed by atoms with Crippen molar-refractivity contribution in [2.45, 2.75) is 45.2 Å². The van der Waals surface area contributed by atoms with Crippen LogP contribution in [0.4, 0.5) is 14.9 Å². The number of aromatic nitrogens is 1. The molecule has 0 amide bonds. The molecular formula is C22H28FN3O5. The number of halogens is 1. The summed E-state index contributed by atoms with van der Waals surface area (Å²) in [5.41, 5.74) is 0.160. The molecule has 0 spiro atoms. The molecule has 2 N–H and O–H groups in total. The molecule has 31 heavy (non-hydrogen) atoms. The van der Waals surface area contributed by atoms with E-state index in [1.54, 1.807) is 4.57 Å². The Hall–Kier alpha value is -2.81. The van der Waals surface area contributed by atoms with Crippen LogP contribution in [0.2, 0.25) is 0 Å². The molecule has 2 aliphatic rings. The van der Waals surface area contributed by atoms with Gasteiger partial charge in [-0.15, -0.1) is 0 Å². The summed E-state index contributed by atoms with van der Waals surface area (Å²) in [4.78, 5) is 25.9. The van der Waals surface area contributed by atoms with Gasteiger partial charge in [0.2, 0.25) is 5.43 Å². The van der Waals surface area contributed by atoms with Gasteiger partial charge in [-0.1, -0.05) is 6.92 Å². The van der Waals surface area contributed by atoms with E-state index < -0.39 is 17.4 Å². The molecule has 9 heteroatoms. The van der Waals surface area contributed by atoms with Gasteiger partial charge in [-0.25, -0.2) is 9.18 Å². The molecule has 4 rings (SSSR count). The molecule has 1 saturated heterocycles. The predicted octanol–water partition coefficient (Wildman–Crippen LogP) is 3.37. The van der Waals surface area contributed by atoms with E-state index in [1.807, 2.05) is 4.90 Å². The Labute approximate surface area is 179 Å². The summed E-state index contributed by atoms with van der Waals surface area (Å²) < 4.78 is 27.5. The van der Waals surface area contributed by atoms with Crippen LogP contribution < -0.4 is 25.1 Å². The standard InChI is InChI=1S/C22H28FN3O5/c1-4-24-12(2)13-7-8-25(10-13)19-16(23)9-15-18(21(19)30-3)26(14-5-6-14)11-17(20(15)27)31-22(28)29/h9,11-14,24H,4-8,10H2,1-3H3,(H,28,29)/t12-,13+/m0/s1. The minimum absolute atomic E-state index is 0.0560. The monoisotopic (exact) mass is 433 g/mol. The van der Waals surface area contributed by atoms with Crippen LogP contribution in [-0.2, 0) is 0 Å². The Morgan fingerprint density at radius 1 is 1.39 bits per heavy atom. The van der Waals surface area contributed by atoms with Crippen molar-refractivity contribution in [3.05, 3.63) is 28.3 Å². The molecule has 0 radical (unpaired) electrons. The molecule has 2 fully saturated rings. The van der Waals surface area contributed by atoms with Crippen LogP contribution in [0, 0.1) is 11.7 Å². The molecule has 0 bridgehead atoms. The first-order valence-corrected chi connectivity index (χ1v) is 10.7. The highest BCUT2D eigenvalue weighted by Gasteiger charge is 2.34. The Balaban J connectivity index is 1.85. The summed E-state index contributed by atoms with van der Waals surface area (Å²) in [6.07, 6.45) is 2.51. The number of anilines is 1. The van der Waals surface area contributed by atoms with Crippen molar-refractivity contribution >= 4 is 22.7 Å². The molecule has 0 unspecified atom stereocenters. The lowest BCUT2D eigenvalue weighted by atomic mass is 10.0. The summed E-state index contributed by atoms with van der Waals surface area (Å²) in [5.74, 6) is -0.218. The summed E-state index contributed by atoms with van der Waals surface area (Å²) in [5, 5.41) is 12.5. The van der Waals surface area contributed by atoms with Crippen molar-refractivity contribution in [1.29, 1.82) is 0 Å². The zero-order chi connectivity index (χ0) is 22.3. The molecule has 1 aliphatic heterocycles. The average molecular weight is 433 g/mol. The number of nitrogens with one attached hydrogen (secondary N) is 1. The largest absolute Gasteiger partial charge is 0.511 e. The zero-order valence-electron chi connectivity index (χ0n) is 18.0. The molecule has 2 aromatic rings. The molecule has 1 aliphatic carbocycles. The predicted molar refractivity (Wildman–Crippen MR) is 115 cm³/mol. The molecule has 2 atom stereocenters. The first-order chi connectivity index (χ1) is 14.8. The summed E-state index contributed by atoms with van der Waals surface area (Å²) in [6.45, 7) is 6.45. The molecule has 168 valence electrons. The molecule has 1 aromatic carbocycles. The number of rotatable bonds is 7. The maximum absolute atomic E-state index is 15.4. The Morgan fingerprint density at radius 2 is 2.13 bits per heavy atom. The van der Waals surface area contributed by atoms with Gasteiger partial charge in [0.15, 0.2) is 17.3 Å². The highest BCUT2D eigenvalue weighted by molar-refractivity contribution is 5.92. The van der Waals surface area contributed by atoms with Crippen molar-refractivity contribution in [2.24, 2.45) is 5.92 Å². The second kappa shape index (κ2) is 8.37. The third-order valence-corrected chi connectivity index (χ3v) is 6.28. The number of pyridine rings is 1. The van der Waals surface area contributed by atoms with Crippen LogP contribution in [0.1, 0.15) is 39.2 Å². The van der Waals surface area contributed by atoms with E-state index in [1.165, 1.54) is 19.4 Å². The number of carbonyl (C=O) groups is 1. The van der Waals surface area contributed by atoms with Crippen molar-refractivity contribution in [2.75, 3.05) is 31.6 Å². The first kappa shape index (κ1) is 21.4. The second-order valence-corrected chi connectivity index (χ2v) is 8.31. The second-order valence-electron chi connectivity index (χ2n) is 8.31. The van der Waals surface area contributed by atoms with Gasteiger partial charge >= 0.3 is 6.16 Å². The summed E-state index contributed by atoms with van der Waals surface area (Å²) in [7, 11) is 1.47. The number of hydrogen-bond donors (Lipinski definition) is 2. The maximum atomic E-state index is 15.4. The number of nitrogens with zero attached hydrogens (tertiary/aromatic N) is 2. The third-order valence-electron chi connectivity index (χ3n) is 6.28. The van der Waals surface area contributed by atoms with Crippen molar-refractivity contribution in [3.63, 3.8) is 0 Å². The molecule has 8 nitrogen and oxygen atoms in total. The van der Waals surface area contributed by atoms with Crippen molar-refractivity contribution in [1.82, 2.24) is 9.88 Å². The van der Waals surface area contributed by atoms with E-state index in [4.69, 9.17) is 9.84 Å². The Morgan fingerprint density at radius 3 is 2.74 bits per heavy atom. The van der Waals surface area contributed by atoms with Gasteiger partial charge in [0.1, 0.15) is 5.69 Å². The van der Waals surface area contributed by atoms with Gasteiger partial charge in [-0.2, -0.15) is 0 Å². The van der Waals surface area contributed by atoms with Crippen LogP contribution in [0.15, 0.2) is 17.1 Å². The lowest BCUT2D eigenvalue weighted by Crippen LogP contribution is -2.35. The number of benzene rings is 1. The quantitative estimate of drug-likeness (QED) is 0.647. The number of methoxy groups -OCH3 is 1. The lowest BCUT2D eigenvalue weighted by Gasteiger charge is -2.26. The zero-order valence-corrected chi connectivity index (χ0v) is 18.0. The fraction of sp³-hybridized carbons (Fsp3) is 0.545. The molecule has 1 aromatic heterocycles. The van der Waals surface area contributed by atoms with E-state index in [2.05, 4.69) is 23.9 Å². The Kier molecular flexibility index (Phi) is 5.79. The maximum Gasteiger partial charge on any atom is 0.511 e. The van der Waals surface area contributed by atoms with Gasteiger partial charge in [0.05, 0.1) is 24.2 Å². The van der Waals surface area contributed by atoms with Crippen LogP contribution >= 0.6 is 0 Å². The summed E-state index contributed by atoms with van der Waals surface area (Å²) in [6, 6.07) is 1.58. The van der Waals surface area contributed by atoms with Gasteiger partial charge in [-0.05, 0) is 44.7 Å². The van der Waals surface area contributed by atoms with E-state index in [0.717, 1.165) is 25.8 Å². The van der Waals surface area contributed by atoms with Gasteiger partial charge < -0.3 is 29.4 Å². The fourth-order valence-corrected chi connectivity index (χ4v) is 4.60. The number of fused-ring (bicyclic) bond motifs is 1. The smallest absolute Gasteiger partial charge is 0.492 e. The average Bonchev–Trinajstić information content (AvgIpc) is 3.45. The first-order valence-electron chi connectivity index (χ1n) is 10.7. The number of ether oxygens (including phenoxy) is 2. The highest BCUT2D eigenvalue weighted by atomic mass is 19.1. The minimum Gasteiger partial charge on any atom is -0.492 e. The van der Waals surface area contributed by atoms with E-state index in [9.17, 15) is 9.59 Å². The SMILES string of the molecule is CCN[C@@H](C)[C@@H]1CCN(c2c(F)cc3c(=O)c(OC(=O)O)cn(C4CC4)c3c2OC)C1. The van der Waals surface area contributed by atoms with Gasteiger partial charge in [0, 0.05) is 25.2 Å². The fourth-order valence-electron chi connectivity index (χ4n) is 4.60. The van der Waals surface area contributed by atoms with Crippen LogP contribution in [0.5, 0.6) is 11.5 Å².